The van der Waals surface area contributed by atoms with Gasteiger partial charge in [0.1, 0.15) is 0 Å². The summed E-state index contributed by atoms with van der Waals surface area (Å²) in [5.41, 5.74) is 0. The maximum Gasteiger partial charge on any atom is 0.241 e. The lowest BCUT2D eigenvalue weighted by molar-refractivity contribution is 0.250. The van der Waals surface area contributed by atoms with Gasteiger partial charge in [-0.25, -0.2) is 13.1 Å². The highest BCUT2D eigenvalue weighted by atomic mass is 32.2. The second kappa shape index (κ2) is 6.26. The molecule has 106 valence electrons. The molecule has 1 fully saturated rings. The zero-order valence-corrected chi connectivity index (χ0v) is 12.5. The molecule has 1 aromatic carbocycles. The maximum absolute atomic E-state index is 12.2. The molecule has 0 spiro atoms. The Hall–Kier alpha value is -0.560. The first-order chi connectivity index (χ1) is 9.03. The van der Waals surface area contributed by atoms with Gasteiger partial charge in [0.05, 0.1) is 4.90 Å². The molecule has 2 N–H and O–H groups in total. The third kappa shape index (κ3) is 4.21. The quantitative estimate of drug-likeness (QED) is 0.754. The van der Waals surface area contributed by atoms with E-state index in [9.17, 15) is 8.42 Å². The van der Waals surface area contributed by atoms with Gasteiger partial charge in [-0.15, -0.1) is 11.8 Å². The first kappa shape index (κ1) is 14.8. The molecular weight excluding hydrogens is 282 g/mol. The zero-order chi connectivity index (χ0) is 13.9. The van der Waals surface area contributed by atoms with Crippen LogP contribution in [0.5, 0.6) is 0 Å². The molecule has 0 saturated heterocycles. The van der Waals surface area contributed by atoms with E-state index in [1.165, 1.54) is 11.8 Å². The largest absolute Gasteiger partial charge is 0.396 e. The van der Waals surface area contributed by atoms with Gasteiger partial charge in [0.15, 0.2) is 0 Å². The molecule has 1 atom stereocenters. The van der Waals surface area contributed by atoms with Crippen LogP contribution in [0.25, 0.3) is 0 Å². The maximum atomic E-state index is 12.2. The number of thioether (sulfide) groups is 1. The molecule has 19 heavy (non-hydrogen) atoms. The molecule has 0 amide bonds. The minimum Gasteiger partial charge on any atom is -0.396 e. The number of hydrogen-bond donors (Lipinski definition) is 2. The van der Waals surface area contributed by atoms with Crippen LogP contribution in [0.3, 0.4) is 0 Å². The van der Waals surface area contributed by atoms with Crippen molar-refractivity contribution >= 4 is 21.8 Å². The molecule has 6 heteroatoms. The average molecular weight is 301 g/mol. The van der Waals surface area contributed by atoms with E-state index in [0.29, 0.717) is 10.6 Å². The van der Waals surface area contributed by atoms with Gasteiger partial charge >= 0.3 is 0 Å². The fraction of sp³-hybridized carbons (Fsp3) is 0.538. The summed E-state index contributed by atoms with van der Waals surface area (Å²) in [6.45, 7) is 2.05. The second-order valence-electron chi connectivity index (χ2n) is 4.94. The molecule has 1 unspecified atom stereocenters. The number of benzene rings is 1. The Bertz CT molecular complexity index is 526. The van der Waals surface area contributed by atoms with Gasteiger partial charge in [-0.05, 0) is 30.9 Å². The summed E-state index contributed by atoms with van der Waals surface area (Å²) in [4.78, 5) is 1.09. The van der Waals surface area contributed by atoms with Gasteiger partial charge in [0, 0.05) is 23.3 Å². The van der Waals surface area contributed by atoms with Crippen LogP contribution in [-0.2, 0) is 10.0 Å². The van der Waals surface area contributed by atoms with Crippen molar-refractivity contribution in [3.8, 4) is 0 Å². The smallest absolute Gasteiger partial charge is 0.241 e. The van der Waals surface area contributed by atoms with Crippen LogP contribution in [0.4, 0.5) is 0 Å². The lowest BCUT2D eigenvalue weighted by Gasteiger charge is -2.12. The number of aliphatic hydroxyl groups is 1. The van der Waals surface area contributed by atoms with Gasteiger partial charge in [-0.3, -0.25) is 0 Å². The highest BCUT2D eigenvalue weighted by Crippen LogP contribution is 2.29. The standard InChI is InChI=1S/C13H19NO3S2/c1-10(8-15)9-18-12-4-2-3-5-13(12)19(16,17)14-11-6-7-11/h2-5,10-11,14-15H,6-9H2,1H3. The normalized spacial score (nSPS) is 17.4. The molecular formula is C13H19NO3S2. The van der Waals surface area contributed by atoms with Gasteiger partial charge < -0.3 is 5.11 Å². The van der Waals surface area contributed by atoms with E-state index >= 15 is 0 Å². The van der Waals surface area contributed by atoms with E-state index in [1.807, 2.05) is 19.1 Å². The van der Waals surface area contributed by atoms with E-state index in [0.717, 1.165) is 17.7 Å². The second-order valence-corrected chi connectivity index (χ2v) is 7.69. The predicted molar refractivity (Wildman–Crippen MR) is 76.8 cm³/mol. The van der Waals surface area contributed by atoms with E-state index in [4.69, 9.17) is 5.11 Å². The SMILES string of the molecule is CC(CO)CSc1ccccc1S(=O)(=O)NC1CC1. The Morgan fingerprint density at radius 2 is 2.11 bits per heavy atom. The number of sulfonamides is 1. The van der Waals surface area contributed by atoms with Crippen molar-refractivity contribution in [3.63, 3.8) is 0 Å². The molecule has 0 heterocycles. The summed E-state index contributed by atoms with van der Waals surface area (Å²) >= 11 is 1.47. The van der Waals surface area contributed by atoms with Crippen molar-refractivity contribution in [2.75, 3.05) is 12.4 Å². The van der Waals surface area contributed by atoms with Crippen LogP contribution in [-0.4, -0.2) is 31.9 Å². The summed E-state index contributed by atoms with van der Waals surface area (Å²) in [7, 11) is -3.42. The van der Waals surface area contributed by atoms with E-state index in [-0.39, 0.29) is 18.6 Å². The summed E-state index contributed by atoms with van der Waals surface area (Å²) in [5, 5.41) is 9.03. The molecule has 1 saturated carbocycles. The molecule has 0 aliphatic heterocycles. The molecule has 2 rings (SSSR count). The number of nitrogens with one attached hydrogen (secondary N) is 1. The molecule has 4 nitrogen and oxygen atoms in total. The van der Waals surface area contributed by atoms with Crippen LogP contribution in [0, 0.1) is 5.92 Å². The van der Waals surface area contributed by atoms with Crippen molar-refractivity contribution in [2.45, 2.75) is 35.6 Å². The van der Waals surface area contributed by atoms with Crippen LogP contribution >= 0.6 is 11.8 Å². The monoisotopic (exact) mass is 301 g/mol. The lowest BCUT2D eigenvalue weighted by Crippen LogP contribution is -2.26. The van der Waals surface area contributed by atoms with E-state index < -0.39 is 10.0 Å². The van der Waals surface area contributed by atoms with Crippen molar-refractivity contribution < 1.29 is 13.5 Å². The molecule has 1 aromatic rings. The van der Waals surface area contributed by atoms with Crippen LogP contribution < -0.4 is 4.72 Å². The van der Waals surface area contributed by atoms with Crippen LogP contribution in [0.15, 0.2) is 34.1 Å². The molecule has 0 bridgehead atoms. The van der Waals surface area contributed by atoms with Gasteiger partial charge in [-0.2, -0.15) is 0 Å². The number of aliphatic hydroxyl groups excluding tert-OH is 1. The summed E-state index contributed by atoms with van der Waals surface area (Å²) < 4.78 is 27.2. The Labute approximate surface area is 118 Å². The zero-order valence-electron chi connectivity index (χ0n) is 10.9. The first-order valence-electron chi connectivity index (χ1n) is 6.38. The molecule has 1 aliphatic carbocycles. The van der Waals surface area contributed by atoms with Gasteiger partial charge in [0.2, 0.25) is 10.0 Å². The van der Waals surface area contributed by atoms with Crippen LogP contribution in [0.1, 0.15) is 19.8 Å². The van der Waals surface area contributed by atoms with Gasteiger partial charge in [0.25, 0.3) is 0 Å². The van der Waals surface area contributed by atoms with Crippen molar-refractivity contribution in [1.82, 2.24) is 4.72 Å². The highest BCUT2D eigenvalue weighted by molar-refractivity contribution is 8.00. The third-order valence-corrected chi connectivity index (χ3v) is 5.98. The van der Waals surface area contributed by atoms with Crippen molar-refractivity contribution in [1.29, 1.82) is 0 Å². The predicted octanol–water partition coefficient (Wildman–Crippen LogP) is 1.85. The highest BCUT2D eigenvalue weighted by Gasteiger charge is 2.29. The summed E-state index contributed by atoms with van der Waals surface area (Å²) in [5.74, 6) is 0.851. The average Bonchev–Trinajstić information content (AvgIpc) is 3.19. The summed E-state index contributed by atoms with van der Waals surface area (Å²) in [6, 6.07) is 7.13. The number of hydrogen-bond acceptors (Lipinski definition) is 4. The summed E-state index contributed by atoms with van der Waals surface area (Å²) in [6.07, 6.45) is 1.85. The van der Waals surface area contributed by atoms with Crippen molar-refractivity contribution in [3.05, 3.63) is 24.3 Å². The van der Waals surface area contributed by atoms with Gasteiger partial charge in [-0.1, -0.05) is 19.1 Å². The first-order valence-corrected chi connectivity index (χ1v) is 8.85. The molecule has 1 aliphatic rings. The minimum absolute atomic E-state index is 0.111. The lowest BCUT2D eigenvalue weighted by atomic mass is 10.2. The Kier molecular flexibility index (Phi) is 4.89. The molecule has 0 radical (unpaired) electrons. The van der Waals surface area contributed by atoms with Crippen LogP contribution in [0.2, 0.25) is 0 Å². The Morgan fingerprint density at radius 3 is 2.74 bits per heavy atom. The fourth-order valence-electron chi connectivity index (χ4n) is 1.56. The molecule has 0 aromatic heterocycles. The van der Waals surface area contributed by atoms with E-state index in [1.54, 1.807) is 12.1 Å². The Balaban J connectivity index is 2.15. The Morgan fingerprint density at radius 1 is 1.42 bits per heavy atom. The van der Waals surface area contributed by atoms with Crippen molar-refractivity contribution in [2.24, 2.45) is 5.92 Å². The fourth-order valence-corrected chi connectivity index (χ4v) is 4.41. The van der Waals surface area contributed by atoms with E-state index in [2.05, 4.69) is 4.72 Å². The third-order valence-electron chi connectivity index (χ3n) is 2.87. The topological polar surface area (TPSA) is 66.4 Å². The minimum atomic E-state index is -3.42. The number of rotatable bonds is 7.